The smallest absolute Gasteiger partial charge is 0.262 e. The van der Waals surface area contributed by atoms with Crippen LogP contribution in [0.2, 0.25) is 0 Å². The SMILES string of the molecule is COc1cc(CNCCNCc2ccc(OCC(=O)Nc3ccccc3)c(OC)c2)ccc1OCC(=O)Nc1ccccc1. The Morgan fingerprint density at radius 1 is 0.545 bits per heavy atom. The Bertz CT molecular complexity index is 1370. The average molecular weight is 599 g/mol. The van der Waals surface area contributed by atoms with Crippen molar-refractivity contribution in [1.29, 1.82) is 0 Å². The Hall–Kier alpha value is -5.06. The molecule has 0 atom stereocenters. The number of ether oxygens (including phenoxy) is 4. The second kappa shape index (κ2) is 17.2. The molecule has 0 saturated heterocycles. The maximum atomic E-state index is 12.2. The number of hydrogen-bond acceptors (Lipinski definition) is 8. The van der Waals surface area contributed by atoms with Gasteiger partial charge in [-0.15, -0.1) is 0 Å². The van der Waals surface area contributed by atoms with Gasteiger partial charge in [0.05, 0.1) is 14.2 Å². The molecule has 10 heteroatoms. The van der Waals surface area contributed by atoms with E-state index in [0.29, 0.717) is 47.5 Å². The maximum absolute atomic E-state index is 12.2. The molecule has 44 heavy (non-hydrogen) atoms. The zero-order valence-corrected chi connectivity index (χ0v) is 24.9. The van der Waals surface area contributed by atoms with E-state index in [2.05, 4.69) is 21.3 Å². The van der Waals surface area contributed by atoms with E-state index in [1.165, 1.54) is 0 Å². The van der Waals surface area contributed by atoms with Crippen molar-refractivity contribution in [2.75, 3.05) is 51.2 Å². The fourth-order valence-corrected chi connectivity index (χ4v) is 4.25. The van der Waals surface area contributed by atoms with Crippen LogP contribution in [0.15, 0.2) is 97.1 Å². The molecule has 0 radical (unpaired) electrons. The predicted octanol–water partition coefficient (Wildman–Crippen LogP) is 4.62. The summed E-state index contributed by atoms with van der Waals surface area (Å²) in [7, 11) is 3.15. The van der Waals surface area contributed by atoms with Gasteiger partial charge in [-0.05, 0) is 59.7 Å². The molecule has 4 N–H and O–H groups in total. The van der Waals surface area contributed by atoms with E-state index in [0.717, 1.165) is 24.2 Å². The van der Waals surface area contributed by atoms with Gasteiger partial charge in [-0.3, -0.25) is 9.59 Å². The summed E-state index contributed by atoms with van der Waals surface area (Å²) in [6.45, 7) is 2.53. The van der Waals surface area contributed by atoms with E-state index < -0.39 is 0 Å². The van der Waals surface area contributed by atoms with Crippen LogP contribution in [-0.2, 0) is 22.7 Å². The first-order valence-corrected chi connectivity index (χ1v) is 14.2. The van der Waals surface area contributed by atoms with Gasteiger partial charge in [-0.2, -0.15) is 0 Å². The molecule has 0 spiro atoms. The zero-order valence-electron chi connectivity index (χ0n) is 24.9. The van der Waals surface area contributed by atoms with Gasteiger partial charge in [0.25, 0.3) is 11.8 Å². The molecule has 0 aliphatic rings. The van der Waals surface area contributed by atoms with Gasteiger partial charge in [0.2, 0.25) is 0 Å². The lowest BCUT2D eigenvalue weighted by Crippen LogP contribution is -2.26. The van der Waals surface area contributed by atoms with Gasteiger partial charge < -0.3 is 40.2 Å². The standard InChI is InChI=1S/C34H38N4O6/c1-41-31-19-25(13-15-29(31)43-23-33(39)37-27-9-5-3-6-10-27)21-35-17-18-36-22-26-14-16-30(32(20-26)42-2)44-24-34(40)38-28-11-7-4-8-12-28/h3-16,19-20,35-36H,17-18,21-24H2,1-2H3,(H,37,39)(H,38,40). The molecule has 4 aromatic carbocycles. The number of hydrogen-bond donors (Lipinski definition) is 4. The Labute approximate surface area is 257 Å². The minimum absolute atomic E-state index is 0.123. The third-order valence-corrected chi connectivity index (χ3v) is 6.43. The lowest BCUT2D eigenvalue weighted by Gasteiger charge is -2.14. The van der Waals surface area contributed by atoms with Gasteiger partial charge in [-0.1, -0.05) is 48.5 Å². The van der Waals surface area contributed by atoms with Crippen LogP contribution in [0.4, 0.5) is 11.4 Å². The van der Waals surface area contributed by atoms with Crippen LogP contribution < -0.4 is 40.2 Å². The number of anilines is 2. The molecule has 0 fully saturated rings. The normalized spacial score (nSPS) is 10.5. The fourth-order valence-electron chi connectivity index (χ4n) is 4.25. The molecular formula is C34H38N4O6. The van der Waals surface area contributed by atoms with Crippen molar-refractivity contribution < 1.29 is 28.5 Å². The summed E-state index contributed by atoms with van der Waals surface area (Å²) in [4.78, 5) is 24.4. The molecule has 0 aliphatic carbocycles. The van der Waals surface area contributed by atoms with E-state index in [1.807, 2.05) is 84.9 Å². The minimum atomic E-state index is -0.247. The Morgan fingerprint density at radius 3 is 1.34 bits per heavy atom. The molecule has 2 amide bonds. The number of rotatable bonds is 17. The van der Waals surface area contributed by atoms with Gasteiger partial charge in [0.1, 0.15) is 0 Å². The van der Waals surface area contributed by atoms with Crippen LogP contribution in [0.5, 0.6) is 23.0 Å². The summed E-state index contributed by atoms with van der Waals surface area (Å²) in [6, 6.07) is 29.7. The number of para-hydroxylation sites is 2. The van der Waals surface area contributed by atoms with Crippen LogP contribution in [0.3, 0.4) is 0 Å². The second-order valence-corrected chi connectivity index (χ2v) is 9.73. The summed E-state index contributed by atoms with van der Waals surface area (Å²) < 4.78 is 22.3. The van der Waals surface area contributed by atoms with Crippen molar-refractivity contribution in [2.24, 2.45) is 0 Å². The topological polar surface area (TPSA) is 119 Å². The highest BCUT2D eigenvalue weighted by atomic mass is 16.5. The number of nitrogens with one attached hydrogen (secondary N) is 4. The van der Waals surface area contributed by atoms with Gasteiger partial charge in [0, 0.05) is 37.6 Å². The van der Waals surface area contributed by atoms with Gasteiger partial charge in [0.15, 0.2) is 36.2 Å². The van der Waals surface area contributed by atoms with Crippen LogP contribution >= 0.6 is 0 Å². The number of methoxy groups -OCH3 is 2. The molecule has 0 heterocycles. The lowest BCUT2D eigenvalue weighted by atomic mass is 10.2. The predicted molar refractivity (Wildman–Crippen MR) is 171 cm³/mol. The molecule has 230 valence electrons. The zero-order chi connectivity index (χ0) is 31.0. The fraction of sp³-hybridized carbons (Fsp3) is 0.235. The van der Waals surface area contributed by atoms with E-state index in [-0.39, 0.29) is 25.0 Å². The third-order valence-electron chi connectivity index (χ3n) is 6.43. The van der Waals surface area contributed by atoms with E-state index in [4.69, 9.17) is 18.9 Å². The minimum Gasteiger partial charge on any atom is -0.493 e. The summed E-state index contributed by atoms with van der Waals surface area (Å²) in [6.07, 6.45) is 0. The van der Waals surface area contributed by atoms with Crippen molar-refractivity contribution >= 4 is 23.2 Å². The first kappa shape index (κ1) is 31.9. The number of amides is 2. The van der Waals surface area contributed by atoms with E-state index in [9.17, 15) is 9.59 Å². The highest BCUT2D eigenvalue weighted by Crippen LogP contribution is 2.29. The molecular weight excluding hydrogens is 560 g/mol. The number of carbonyl (C=O) groups excluding carboxylic acids is 2. The van der Waals surface area contributed by atoms with Crippen LogP contribution in [0, 0.1) is 0 Å². The first-order valence-electron chi connectivity index (χ1n) is 14.2. The lowest BCUT2D eigenvalue weighted by molar-refractivity contribution is -0.118. The molecule has 0 bridgehead atoms. The number of benzene rings is 4. The largest absolute Gasteiger partial charge is 0.493 e. The van der Waals surface area contributed by atoms with Gasteiger partial charge >= 0.3 is 0 Å². The third kappa shape index (κ3) is 10.3. The summed E-state index contributed by atoms with van der Waals surface area (Å²) >= 11 is 0. The maximum Gasteiger partial charge on any atom is 0.262 e. The van der Waals surface area contributed by atoms with Crippen molar-refractivity contribution in [3.05, 3.63) is 108 Å². The summed E-state index contributed by atoms with van der Waals surface area (Å²) in [5.74, 6) is 1.64. The summed E-state index contributed by atoms with van der Waals surface area (Å²) in [5, 5.41) is 12.4. The Kier molecular flexibility index (Phi) is 12.4. The van der Waals surface area contributed by atoms with Crippen molar-refractivity contribution in [3.63, 3.8) is 0 Å². The average Bonchev–Trinajstić information content (AvgIpc) is 3.05. The molecule has 0 unspecified atom stereocenters. The highest BCUT2D eigenvalue weighted by Gasteiger charge is 2.11. The van der Waals surface area contributed by atoms with Crippen LogP contribution in [-0.4, -0.2) is 52.3 Å². The Balaban J connectivity index is 1.14. The number of carbonyl (C=O) groups is 2. The molecule has 0 aromatic heterocycles. The first-order chi connectivity index (χ1) is 21.5. The molecule has 0 aliphatic heterocycles. The monoisotopic (exact) mass is 598 g/mol. The molecule has 4 rings (SSSR count). The molecule has 0 saturated carbocycles. The van der Waals surface area contributed by atoms with Crippen molar-refractivity contribution in [3.8, 4) is 23.0 Å². The van der Waals surface area contributed by atoms with Crippen molar-refractivity contribution in [1.82, 2.24) is 10.6 Å². The highest BCUT2D eigenvalue weighted by molar-refractivity contribution is 5.92. The van der Waals surface area contributed by atoms with Crippen LogP contribution in [0.1, 0.15) is 11.1 Å². The van der Waals surface area contributed by atoms with E-state index >= 15 is 0 Å². The van der Waals surface area contributed by atoms with Crippen LogP contribution in [0.25, 0.3) is 0 Å². The molecule has 4 aromatic rings. The quantitative estimate of drug-likeness (QED) is 0.130. The van der Waals surface area contributed by atoms with Crippen molar-refractivity contribution in [2.45, 2.75) is 13.1 Å². The summed E-state index contributed by atoms with van der Waals surface area (Å²) in [5.41, 5.74) is 3.49. The molecule has 10 nitrogen and oxygen atoms in total. The Morgan fingerprint density at radius 2 is 0.955 bits per heavy atom. The van der Waals surface area contributed by atoms with Gasteiger partial charge in [-0.25, -0.2) is 0 Å². The second-order valence-electron chi connectivity index (χ2n) is 9.73. The van der Waals surface area contributed by atoms with E-state index in [1.54, 1.807) is 26.4 Å².